The summed E-state index contributed by atoms with van der Waals surface area (Å²) < 4.78 is 27.9. The van der Waals surface area contributed by atoms with E-state index in [2.05, 4.69) is 31.3 Å². The lowest BCUT2D eigenvalue weighted by Crippen LogP contribution is -2.42. The van der Waals surface area contributed by atoms with Gasteiger partial charge in [-0.1, -0.05) is 50.2 Å². The van der Waals surface area contributed by atoms with Crippen molar-refractivity contribution in [1.29, 1.82) is 0 Å². The molecule has 238 valence electrons. The summed E-state index contributed by atoms with van der Waals surface area (Å²) in [5.41, 5.74) is 1.46. The van der Waals surface area contributed by atoms with Crippen molar-refractivity contribution in [2.24, 2.45) is 17.8 Å². The van der Waals surface area contributed by atoms with E-state index in [1.54, 1.807) is 19.1 Å². The Hall–Kier alpha value is -3.46. The van der Waals surface area contributed by atoms with Gasteiger partial charge >= 0.3 is 12.2 Å². The highest BCUT2D eigenvalue weighted by Crippen LogP contribution is 2.34. The molecule has 3 atom stereocenters. The fraction of sp³-hybridized carbons (Fsp3) is 0.588. The van der Waals surface area contributed by atoms with Crippen LogP contribution in [0.3, 0.4) is 0 Å². The number of alkyl carbamates (subject to hydrolysis) is 1. The molecule has 1 N–H and O–H groups in total. The first-order valence-electron chi connectivity index (χ1n) is 15.2. The molecule has 0 unspecified atom stereocenters. The summed E-state index contributed by atoms with van der Waals surface area (Å²) in [6, 6.07) is 15.4. The third kappa shape index (κ3) is 11.3. The van der Waals surface area contributed by atoms with Crippen LogP contribution in [0.15, 0.2) is 48.5 Å². The second-order valence-corrected chi connectivity index (χ2v) is 12.6. The van der Waals surface area contributed by atoms with Crippen molar-refractivity contribution in [3.8, 4) is 11.5 Å². The zero-order valence-electron chi connectivity index (χ0n) is 26.9. The summed E-state index contributed by atoms with van der Waals surface area (Å²) in [5, 5.41) is 3.06. The van der Waals surface area contributed by atoms with E-state index >= 15 is 0 Å². The van der Waals surface area contributed by atoms with E-state index in [1.165, 1.54) is 0 Å². The molecular weight excluding hydrogens is 548 g/mol. The van der Waals surface area contributed by atoms with Crippen LogP contribution >= 0.6 is 0 Å². The molecule has 3 rings (SSSR count). The minimum atomic E-state index is -0.606. The molecule has 1 aliphatic rings. The fourth-order valence-corrected chi connectivity index (χ4v) is 5.29. The number of ether oxygens (including phenoxy) is 5. The van der Waals surface area contributed by atoms with Crippen molar-refractivity contribution >= 4 is 12.2 Å². The van der Waals surface area contributed by atoms with Gasteiger partial charge in [0.25, 0.3) is 0 Å². The summed E-state index contributed by atoms with van der Waals surface area (Å²) in [7, 11) is 3.32. The standard InChI is InChI=1S/C34H50N2O7/c1-24(2)27(18-26-14-15-30(40-7)31(19-26)41-17-11-16-39-6)20-28-21-36(33(38)43-34(3,4)5)22-29(28)35-32(37)42-23-25-12-9-8-10-13-25/h8-10,12-15,19,24,27-29H,11,16-18,20-23H2,1-7H3,(H,35,37)/t27-,28-,29+/m0/s1. The monoisotopic (exact) mass is 598 g/mol. The first kappa shape index (κ1) is 34.0. The molecule has 0 aliphatic carbocycles. The van der Waals surface area contributed by atoms with Gasteiger partial charge in [0.1, 0.15) is 12.2 Å². The van der Waals surface area contributed by atoms with Gasteiger partial charge in [0.2, 0.25) is 0 Å². The molecule has 2 amide bonds. The zero-order chi connectivity index (χ0) is 31.4. The van der Waals surface area contributed by atoms with Crippen LogP contribution in [0.4, 0.5) is 9.59 Å². The van der Waals surface area contributed by atoms with Gasteiger partial charge in [-0.2, -0.15) is 0 Å². The van der Waals surface area contributed by atoms with Gasteiger partial charge < -0.3 is 33.9 Å². The van der Waals surface area contributed by atoms with E-state index in [-0.39, 0.29) is 24.7 Å². The number of carbonyl (C=O) groups is 2. The van der Waals surface area contributed by atoms with Gasteiger partial charge in [-0.3, -0.25) is 0 Å². The van der Waals surface area contributed by atoms with Crippen molar-refractivity contribution in [1.82, 2.24) is 10.2 Å². The molecule has 2 aromatic rings. The Morgan fingerprint density at radius 2 is 1.72 bits per heavy atom. The van der Waals surface area contributed by atoms with Crippen molar-refractivity contribution in [3.63, 3.8) is 0 Å². The molecular formula is C34H50N2O7. The SMILES string of the molecule is COCCCOc1cc(C[C@@H](C[C@H]2CN(C(=O)OC(C)(C)C)C[C@H]2NC(=O)OCc2ccccc2)C(C)C)ccc1OC. The Morgan fingerprint density at radius 1 is 0.977 bits per heavy atom. The van der Waals surface area contributed by atoms with Gasteiger partial charge in [0.05, 0.1) is 19.8 Å². The van der Waals surface area contributed by atoms with Crippen LogP contribution in [-0.2, 0) is 27.2 Å². The topological polar surface area (TPSA) is 95.6 Å². The maximum atomic E-state index is 13.0. The highest BCUT2D eigenvalue weighted by molar-refractivity contribution is 5.70. The highest BCUT2D eigenvalue weighted by atomic mass is 16.6. The van der Waals surface area contributed by atoms with Crippen molar-refractivity contribution in [2.75, 3.05) is 40.5 Å². The molecule has 2 aromatic carbocycles. The smallest absolute Gasteiger partial charge is 0.410 e. The first-order chi connectivity index (χ1) is 20.5. The average Bonchev–Trinajstić information content (AvgIpc) is 3.35. The van der Waals surface area contributed by atoms with E-state index in [4.69, 9.17) is 23.7 Å². The molecule has 0 aromatic heterocycles. The second kappa shape index (κ2) is 16.4. The predicted molar refractivity (Wildman–Crippen MR) is 166 cm³/mol. The number of carbonyl (C=O) groups excluding carboxylic acids is 2. The molecule has 1 aliphatic heterocycles. The van der Waals surface area contributed by atoms with Crippen LogP contribution in [0.1, 0.15) is 58.6 Å². The molecule has 9 heteroatoms. The highest BCUT2D eigenvalue weighted by Gasteiger charge is 2.39. The summed E-state index contributed by atoms with van der Waals surface area (Å²) in [6.07, 6.45) is 1.57. The maximum Gasteiger partial charge on any atom is 0.410 e. The Balaban J connectivity index is 1.72. The lowest BCUT2D eigenvalue weighted by atomic mass is 9.80. The molecule has 0 saturated carbocycles. The van der Waals surface area contributed by atoms with Gasteiger partial charge in [0, 0.05) is 33.2 Å². The van der Waals surface area contributed by atoms with Crippen molar-refractivity contribution < 1.29 is 33.3 Å². The van der Waals surface area contributed by atoms with Crippen LogP contribution < -0.4 is 14.8 Å². The zero-order valence-corrected chi connectivity index (χ0v) is 26.9. The maximum absolute atomic E-state index is 13.0. The minimum absolute atomic E-state index is 0.0345. The largest absolute Gasteiger partial charge is 0.493 e. The number of hydrogen-bond donors (Lipinski definition) is 1. The third-order valence-electron chi connectivity index (χ3n) is 7.63. The number of likely N-dealkylation sites (tertiary alicyclic amines) is 1. The molecule has 1 saturated heterocycles. The number of methoxy groups -OCH3 is 2. The Kier molecular flexibility index (Phi) is 13.0. The Labute approximate surface area is 257 Å². The van der Waals surface area contributed by atoms with Crippen LogP contribution in [0.25, 0.3) is 0 Å². The van der Waals surface area contributed by atoms with E-state index in [0.29, 0.717) is 43.9 Å². The number of rotatable bonds is 14. The molecule has 9 nitrogen and oxygen atoms in total. The number of nitrogens with one attached hydrogen (secondary N) is 1. The summed E-state index contributed by atoms with van der Waals surface area (Å²) in [6.45, 7) is 12.2. The summed E-state index contributed by atoms with van der Waals surface area (Å²) >= 11 is 0. The van der Waals surface area contributed by atoms with Gasteiger partial charge in [-0.15, -0.1) is 0 Å². The van der Waals surface area contributed by atoms with Crippen molar-refractivity contribution in [3.05, 3.63) is 59.7 Å². The summed E-state index contributed by atoms with van der Waals surface area (Å²) in [4.78, 5) is 27.6. The molecule has 43 heavy (non-hydrogen) atoms. The lowest BCUT2D eigenvalue weighted by Gasteiger charge is -2.27. The molecule has 0 radical (unpaired) electrons. The average molecular weight is 599 g/mol. The number of hydrogen-bond acceptors (Lipinski definition) is 7. The fourth-order valence-electron chi connectivity index (χ4n) is 5.29. The minimum Gasteiger partial charge on any atom is -0.493 e. The predicted octanol–water partition coefficient (Wildman–Crippen LogP) is 6.48. The summed E-state index contributed by atoms with van der Waals surface area (Å²) in [5.74, 6) is 2.12. The van der Waals surface area contributed by atoms with Crippen LogP contribution in [0, 0.1) is 17.8 Å². The van der Waals surface area contributed by atoms with Crippen LogP contribution in [0.5, 0.6) is 11.5 Å². The van der Waals surface area contributed by atoms with Crippen molar-refractivity contribution in [2.45, 2.75) is 72.1 Å². The number of benzene rings is 2. The van der Waals surface area contributed by atoms with Gasteiger partial charge in [-0.25, -0.2) is 9.59 Å². The van der Waals surface area contributed by atoms with E-state index in [1.807, 2.05) is 57.2 Å². The second-order valence-electron chi connectivity index (χ2n) is 12.6. The molecule has 1 heterocycles. The third-order valence-corrected chi connectivity index (χ3v) is 7.63. The van der Waals surface area contributed by atoms with Crippen LogP contribution in [0.2, 0.25) is 0 Å². The number of nitrogens with zero attached hydrogens (tertiary/aromatic N) is 1. The molecule has 1 fully saturated rings. The molecule has 0 bridgehead atoms. The Morgan fingerprint density at radius 3 is 2.37 bits per heavy atom. The number of amides is 2. The van der Waals surface area contributed by atoms with Gasteiger partial charge in [0.15, 0.2) is 11.5 Å². The molecule has 0 spiro atoms. The van der Waals surface area contributed by atoms with E-state index in [0.717, 1.165) is 36.1 Å². The lowest BCUT2D eigenvalue weighted by molar-refractivity contribution is 0.0283. The van der Waals surface area contributed by atoms with E-state index in [9.17, 15) is 9.59 Å². The normalized spacial score (nSPS) is 17.4. The van der Waals surface area contributed by atoms with Crippen LogP contribution in [-0.4, -0.2) is 69.3 Å². The van der Waals surface area contributed by atoms with E-state index < -0.39 is 11.7 Å². The quantitative estimate of drug-likeness (QED) is 0.249. The van der Waals surface area contributed by atoms with Gasteiger partial charge in [-0.05, 0) is 74.6 Å². The Bertz CT molecular complexity index is 1150. The first-order valence-corrected chi connectivity index (χ1v) is 15.2.